The molecule has 0 spiro atoms. The van der Waals surface area contributed by atoms with E-state index in [1.165, 1.54) is 44.2 Å². The molecule has 146 valence electrons. The first-order chi connectivity index (χ1) is 13.8. The van der Waals surface area contributed by atoms with Crippen LogP contribution in [-0.2, 0) is 0 Å². The fourth-order valence-electron chi connectivity index (χ4n) is 3.05. The summed E-state index contributed by atoms with van der Waals surface area (Å²) in [4.78, 5) is 8.98. The molecule has 3 rings (SSSR count). The lowest BCUT2D eigenvalue weighted by atomic mass is 10.1. The van der Waals surface area contributed by atoms with Gasteiger partial charge < -0.3 is 4.74 Å². The predicted octanol–water partition coefficient (Wildman–Crippen LogP) is 6.69. The Morgan fingerprint density at radius 2 is 1.46 bits per heavy atom. The Labute approximate surface area is 166 Å². The van der Waals surface area contributed by atoms with E-state index in [4.69, 9.17) is 4.74 Å². The molecule has 3 nitrogen and oxygen atoms in total. The SMILES string of the molecule is CCCCCCCCOc1ccc(-c2nccc(-c3ccc(F)cc3)n2)cc1. The van der Waals surface area contributed by atoms with Gasteiger partial charge in [-0.15, -0.1) is 0 Å². The third-order valence-corrected chi connectivity index (χ3v) is 4.67. The van der Waals surface area contributed by atoms with Crippen molar-refractivity contribution in [3.05, 3.63) is 66.6 Å². The van der Waals surface area contributed by atoms with Crippen LogP contribution in [0.15, 0.2) is 60.8 Å². The van der Waals surface area contributed by atoms with Crippen LogP contribution in [-0.4, -0.2) is 16.6 Å². The van der Waals surface area contributed by atoms with Crippen LogP contribution in [0.1, 0.15) is 45.4 Å². The fraction of sp³-hybridized carbons (Fsp3) is 0.333. The molecule has 0 atom stereocenters. The molecule has 4 heteroatoms. The van der Waals surface area contributed by atoms with Crippen molar-refractivity contribution in [2.24, 2.45) is 0 Å². The summed E-state index contributed by atoms with van der Waals surface area (Å²) in [5.41, 5.74) is 2.56. The molecule has 2 aromatic carbocycles. The van der Waals surface area contributed by atoms with Crippen LogP contribution in [0.3, 0.4) is 0 Å². The van der Waals surface area contributed by atoms with Gasteiger partial charge in [0, 0.05) is 17.3 Å². The van der Waals surface area contributed by atoms with Gasteiger partial charge in [0.05, 0.1) is 12.3 Å². The zero-order valence-electron chi connectivity index (χ0n) is 16.4. The summed E-state index contributed by atoms with van der Waals surface area (Å²) in [6.07, 6.45) is 9.26. The molecule has 3 aromatic rings. The molecule has 0 aliphatic carbocycles. The second kappa shape index (κ2) is 10.5. The number of halogens is 1. The van der Waals surface area contributed by atoms with E-state index in [2.05, 4.69) is 16.9 Å². The Morgan fingerprint density at radius 1 is 0.786 bits per heavy atom. The van der Waals surface area contributed by atoms with Crippen LogP contribution in [0.4, 0.5) is 4.39 Å². The summed E-state index contributed by atoms with van der Waals surface area (Å²) < 4.78 is 19.0. The second-order valence-corrected chi connectivity index (χ2v) is 6.91. The first-order valence-corrected chi connectivity index (χ1v) is 10.1. The van der Waals surface area contributed by atoms with E-state index in [1.54, 1.807) is 18.3 Å². The van der Waals surface area contributed by atoms with Crippen molar-refractivity contribution in [2.45, 2.75) is 45.4 Å². The zero-order chi connectivity index (χ0) is 19.6. The first-order valence-electron chi connectivity index (χ1n) is 10.1. The summed E-state index contributed by atoms with van der Waals surface area (Å²) in [7, 11) is 0. The van der Waals surface area contributed by atoms with Gasteiger partial charge in [-0.25, -0.2) is 14.4 Å². The van der Waals surface area contributed by atoms with E-state index in [0.717, 1.165) is 35.6 Å². The smallest absolute Gasteiger partial charge is 0.159 e. The van der Waals surface area contributed by atoms with E-state index < -0.39 is 0 Å². The molecule has 0 aliphatic rings. The molecular weight excluding hydrogens is 351 g/mol. The van der Waals surface area contributed by atoms with Gasteiger partial charge in [0.25, 0.3) is 0 Å². The van der Waals surface area contributed by atoms with E-state index in [0.29, 0.717) is 5.82 Å². The van der Waals surface area contributed by atoms with Gasteiger partial charge in [-0.05, 0) is 61.0 Å². The molecule has 0 unspecified atom stereocenters. The topological polar surface area (TPSA) is 35.0 Å². The molecule has 1 heterocycles. The molecule has 0 saturated heterocycles. The highest BCUT2D eigenvalue weighted by Crippen LogP contribution is 2.23. The van der Waals surface area contributed by atoms with Crippen molar-refractivity contribution >= 4 is 0 Å². The summed E-state index contributed by atoms with van der Waals surface area (Å²) in [6, 6.07) is 16.0. The first kappa shape index (κ1) is 20.0. The van der Waals surface area contributed by atoms with Crippen molar-refractivity contribution < 1.29 is 9.13 Å². The molecule has 1 aromatic heterocycles. The number of benzene rings is 2. The number of ether oxygens (including phenoxy) is 1. The van der Waals surface area contributed by atoms with E-state index in [1.807, 2.05) is 30.3 Å². The Bertz CT molecular complexity index is 847. The van der Waals surface area contributed by atoms with Crippen molar-refractivity contribution in [1.82, 2.24) is 9.97 Å². The van der Waals surface area contributed by atoms with Crippen molar-refractivity contribution in [3.63, 3.8) is 0 Å². The van der Waals surface area contributed by atoms with Gasteiger partial charge in [0.15, 0.2) is 5.82 Å². The number of hydrogen-bond acceptors (Lipinski definition) is 3. The second-order valence-electron chi connectivity index (χ2n) is 6.91. The van der Waals surface area contributed by atoms with Crippen LogP contribution >= 0.6 is 0 Å². The monoisotopic (exact) mass is 378 g/mol. The number of rotatable bonds is 10. The van der Waals surface area contributed by atoms with E-state index in [-0.39, 0.29) is 5.82 Å². The molecule has 0 saturated carbocycles. The molecule has 0 bridgehead atoms. The number of unbranched alkanes of at least 4 members (excludes halogenated alkanes) is 5. The largest absolute Gasteiger partial charge is 0.494 e. The van der Waals surface area contributed by atoms with Gasteiger partial charge in [0.1, 0.15) is 11.6 Å². The number of hydrogen-bond donors (Lipinski definition) is 0. The minimum absolute atomic E-state index is 0.255. The maximum absolute atomic E-state index is 13.1. The highest BCUT2D eigenvalue weighted by Gasteiger charge is 2.06. The molecule has 0 radical (unpaired) electrons. The van der Waals surface area contributed by atoms with E-state index in [9.17, 15) is 4.39 Å². The lowest BCUT2D eigenvalue weighted by Gasteiger charge is -2.08. The van der Waals surface area contributed by atoms with Crippen molar-refractivity contribution in [1.29, 1.82) is 0 Å². The zero-order valence-corrected chi connectivity index (χ0v) is 16.4. The van der Waals surface area contributed by atoms with Crippen LogP contribution < -0.4 is 4.74 Å². The van der Waals surface area contributed by atoms with Gasteiger partial charge in [-0.1, -0.05) is 39.0 Å². The third-order valence-electron chi connectivity index (χ3n) is 4.67. The molecule has 0 amide bonds. The molecule has 28 heavy (non-hydrogen) atoms. The Morgan fingerprint density at radius 3 is 2.21 bits per heavy atom. The molecule has 0 N–H and O–H groups in total. The lowest BCUT2D eigenvalue weighted by Crippen LogP contribution is -1.97. The van der Waals surface area contributed by atoms with Crippen LogP contribution in [0.2, 0.25) is 0 Å². The summed E-state index contributed by atoms with van der Waals surface area (Å²) in [6.45, 7) is 2.99. The van der Waals surface area contributed by atoms with Crippen LogP contribution in [0.5, 0.6) is 5.75 Å². The molecule has 0 aliphatic heterocycles. The maximum atomic E-state index is 13.1. The predicted molar refractivity (Wildman–Crippen MR) is 112 cm³/mol. The highest BCUT2D eigenvalue weighted by molar-refractivity contribution is 5.63. The van der Waals surface area contributed by atoms with Crippen LogP contribution in [0, 0.1) is 5.82 Å². The molecule has 0 fully saturated rings. The minimum atomic E-state index is -0.255. The van der Waals surface area contributed by atoms with Gasteiger partial charge in [-0.3, -0.25) is 0 Å². The van der Waals surface area contributed by atoms with Crippen molar-refractivity contribution in [2.75, 3.05) is 6.61 Å². The number of aromatic nitrogens is 2. The Kier molecular flexibility index (Phi) is 7.53. The Hall–Kier alpha value is -2.75. The Balaban J connectivity index is 1.56. The minimum Gasteiger partial charge on any atom is -0.494 e. The van der Waals surface area contributed by atoms with Crippen LogP contribution in [0.25, 0.3) is 22.6 Å². The standard InChI is InChI=1S/C24H27FN2O/c1-2-3-4-5-6-7-18-28-22-14-10-20(11-15-22)24-26-17-16-23(27-24)19-8-12-21(25)13-9-19/h8-17H,2-7,18H2,1H3. The average molecular weight is 378 g/mol. The van der Waals surface area contributed by atoms with Crippen molar-refractivity contribution in [3.8, 4) is 28.4 Å². The quantitative estimate of drug-likeness (QED) is 0.369. The van der Waals surface area contributed by atoms with E-state index >= 15 is 0 Å². The third kappa shape index (κ3) is 5.88. The molecular formula is C24H27FN2O. The average Bonchev–Trinajstić information content (AvgIpc) is 2.74. The van der Waals surface area contributed by atoms with Gasteiger partial charge in [-0.2, -0.15) is 0 Å². The summed E-state index contributed by atoms with van der Waals surface area (Å²) >= 11 is 0. The number of nitrogens with zero attached hydrogens (tertiary/aromatic N) is 2. The van der Waals surface area contributed by atoms with Gasteiger partial charge >= 0.3 is 0 Å². The fourth-order valence-corrected chi connectivity index (χ4v) is 3.05. The summed E-state index contributed by atoms with van der Waals surface area (Å²) in [5, 5.41) is 0. The van der Waals surface area contributed by atoms with Gasteiger partial charge in [0.2, 0.25) is 0 Å². The highest BCUT2D eigenvalue weighted by atomic mass is 19.1. The normalized spacial score (nSPS) is 10.8. The summed E-state index contributed by atoms with van der Waals surface area (Å²) in [5.74, 6) is 1.26. The lowest BCUT2D eigenvalue weighted by molar-refractivity contribution is 0.304. The maximum Gasteiger partial charge on any atom is 0.159 e.